The molecular formula is C16H32O6Ti. The van der Waals surface area contributed by atoms with Crippen LogP contribution in [-0.2, 0) is 41.0 Å². The Morgan fingerprint density at radius 2 is 1.00 bits per heavy atom. The van der Waals surface area contributed by atoms with E-state index in [1.54, 1.807) is 13.8 Å². The molecule has 0 aliphatic carbocycles. The first-order chi connectivity index (χ1) is 10.5. The van der Waals surface area contributed by atoms with Gasteiger partial charge in [0.25, 0.3) is 0 Å². The van der Waals surface area contributed by atoms with Gasteiger partial charge in [0.05, 0.1) is 0 Å². The third-order valence-corrected chi connectivity index (χ3v) is 7.13. The van der Waals surface area contributed by atoms with Gasteiger partial charge in [0.2, 0.25) is 0 Å². The van der Waals surface area contributed by atoms with Crippen molar-refractivity contribution < 1.29 is 41.0 Å². The summed E-state index contributed by atoms with van der Waals surface area (Å²) < 4.78 is 23.9. The van der Waals surface area contributed by atoms with Gasteiger partial charge >= 0.3 is 145 Å². The quantitative estimate of drug-likeness (QED) is 0.492. The Hall–Kier alpha value is -0.106. The van der Waals surface area contributed by atoms with E-state index in [1.807, 2.05) is 27.7 Å². The van der Waals surface area contributed by atoms with Gasteiger partial charge < -0.3 is 0 Å². The minimum atomic E-state index is -4.10. The summed E-state index contributed by atoms with van der Waals surface area (Å²) in [6.45, 7) is 14.1. The van der Waals surface area contributed by atoms with Gasteiger partial charge in [-0.3, -0.25) is 0 Å². The van der Waals surface area contributed by atoms with Gasteiger partial charge in [-0.25, -0.2) is 0 Å². The van der Waals surface area contributed by atoms with Crippen LogP contribution in [0.2, 0.25) is 0 Å². The van der Waals surface area contributed by atoms with Crippen molar-refractivity contribution in [3.63, 3.8) is 0 Å². The van der Waals surface area contributed by atoms with Crippen LogP contribution < -0.4 is 0 Å². The Labute approximate surface area is 145 Å². The van der Waals surface area contributed by atoms with E-state index >= 15 is 0 Å². The Balaban J connectivity index is 5.29. The maximum atomic E-state index is 11.3. The third-order valence-electron chi connectivity index (χ3n) is 2.60. The van der Waals surface area contributed by atoms with E-state index in [0.717, 1.165) is 0 Å². The van der Waals surface area contributed by atoms with Crippen molar-refractivity contribution in [3.8, 4) is 0 Å². The molecule has 0 rings (SSSR count). The maximum absolute atomic E-state index is 11.3. The summed E-state index contributed by atoms with van der Waals surface area (Å²) >= 11 is -4.10. The Morgan fingerprint density at radius 1 is 0.696 bits per heavy atom. The zero-order valence-electron chi connectivity index (χ0n) is 15.7. The fourth-order valence-corrected chi connectivity index (χ4v) is 6.25. The van der Waals surface area contributed by atoms with Crippen LogP contribution in [0.4, 0.5) is 0 Å². The SMILES string of the molecule is CC(=O)CC(C)[O][Ti]([O]C(C)C)([O]C(C)C)[O]C(C)CC(C)=O. The van der Waals surface area contributed by atoms with Crippen LogP contribution in [0, 0.1) is 0 Å². The van der Waals surface area contributed by atoms with Crippen LogP contribution in [0.5, 0.6) is 0 Å². The number of rotatable bonds is 12. The molecule has 6 nitrogen and oxygen atoms in total. The topological polar surface area (TPSA) is 71.1 Å². The van der Waals surface area contributed by atoms with Crippen molar-refractivity contribution in [1.82, 2.24) is 0 Å². The molecule has 0 aromatic carbocycles. The first-order valence-electron chi connectivity index (χ1n) is 8.16. The van der Waals surface area contributed by atoms with E-state index in [0.29, 0.717) is 0 Å². The summed E-state index contributed by atoms with van der Waals surface area (Å²) in [6.07, 6.45) is -0.504. The summed E-state index contributed by atoms with van der Waals surface area (Å²) in [5, 5.41) is 0. The zero-order valence-corrected chi connectivity index (χ0v) is 17.2. The van der Waals surface area contributed by atoms with E-state index in [1.165, 1.54) is 13.8 Å². The van der Waals surface area contributed by atoms with E-state index in [-0.39, 0.29) is 48.8 Å². The molecule has 0 fully saturated rings. The van der Waals surface area contributed by atoms with Crippen LogP contribution in [0.1, 0.15) is 68.2 Å². The monoisotopic (exact) mass is 368 g/mol. The van der Waals surface area contributed by atoms with Gasteiger partial charge in [0.1, 0.15) is 0 Å². The summed E-state index contributed by atoms with van der Waals surface area (Å²) in [4.78, 5) is 22.7. The fraction of sp³-hybridized carbons (Fsp3) is 0.875. The van der Waals surface area contributed by atoms with Gasteiger partial charge in [-0.2, -0.15) is 0 Å². The summed E-state index contributed by atoms with van der Waals surface area (Å²) in [5.41, 5.74) is 0. The van der Waals surface area contributed by atoms with Crippen LogP contribution in [-0.4, -0.2) is 36.0 Å². The van der Waals surface area contributed by atoms with Crippen LogP contribution in [0.25, 0.3) is 0 Å². The van der Waals surface area contributed by atoms with Crippen molar-refractivity contribution >= 4 is 11.6 Å². The molecule has 0 N–H and O–H groups in total. The number of hydrogen-bond acceptors (Lipinski definition) is 6. The summed E-state index contributed by atoms with van der Waals surface area (Å²) in [7, 11) is 0. The van der Waals surface area contributed by atoms with Crippen LogP contribution in [0.15, 0.2) is 0 Å². The van der Waals surface area contributed by atoms with Crippen molar-refractivity contribution in [3.05, 3.63) is 0 Å². The predicted octanol–water partition coefficient (Wildman–Crippen LogP) is 3.42. The molecule has 23 heavy (non-hydrogen) atoms. The number of hydrogen-bond donors (Lipinski definition) is 0. The molecule has 0 saturated carbocycles. The summed E-state index contributed by atoms with van der Waals surface area (Å²) in [5.74, 6) is 0.0550. The van der Waals surface area contributed by atoms with Crippen LogP contribution in [0.3, 0.4) is 0 Å². The Kier molecular flexibility index (Phi) is 10.6. The van der Waals surface area contributed by atoms with E-state index < -0.39 is 18.1 Å². The number of ketones is 2. The Morgan fingerprint density at radius 3 is 1.22 bits per heavy atom. The second-order valence-electron chi connectivity index (χ2n) is 6.50. The van der Waals surface area contributed by atoms with Crippen molar-refractivity contribution in [2.45, 2.75) is 92.6 Å². The molecule has 0 amide bonds. The van der Waals surface area contributed by atoms with Crippen LogP contribution >= 0.6 is 0 Å². The van der Waals surface area contributed by atoms with E-state index in [4.69, 9.17) is 13.3 Å². The van der Waals surface area contributed by atoms with E-state index in [2.05, 4.69) is 0 Å². The normalized spacial score (nSPS) is 15.0. The zero-order chi connectivity index (χ0) is 18.2. The predicted molar refractivity (Wildman–Crippen MR) is 84.1 cm³/mol. The first-order valence-corrected chi connectivity index (χ1v) is 10.7. The second-order valence-corrected chi connectivity index (χ2v) is 9.54. The van der Waals surface area contributed by atoms with Gasteiger partial charge in [-0.1, -0.05) is 0 Å². The molecule has 0 saturated heterocycles. The average Bonchev–Trinajstić information content (AvgIpc) is 2.21. The fourth-order valence-electron chi connectivity index (χ4n) is 2.13. The molecule has 0 aliphatic rings. The van der Waals surface area contributed by atoms with Crippen molar-refractivity contribution in [1.29, 1.82) is 0 Å². The van der Waals surface area contributed by atoms with Gasteiger partial charge in [-0.05, 0) is 0 Å². The molecule has 2 atom stereocenters. The molecule has 0 aromatic rings. The second kappa shape index (κ2) is 10.7. The molecule has 0 aromatic heterocycles. The molecular weight excluding hydrogens is 336 g/mol. The Bertz CT molecular complexity index is 347. The van der Waals surface area contributed by atoms with Crippen molar-refractivity contribution in [2.24, 2.45) is 0 Å². The number of Topliss-reactive ketones (excluding diaryl/α,β-unsaturated/α-hetero) is 2. The third kappa shape index (κ3) is 11.1. The number of carbonyl (C=O) groups excluding carboxylic acids is 2. The molecule has 7 heteroatoms. The van der Waals surface area contributed by atoms with Gasteiger partial charge in [-0.15, -0.1) is 0 Å². The molecule has 136 valence electrons. The molecule has 0 spiro atoms. The minimum absolute atomic E-state index is 0.0275. The first kappa shape index (κ1) is 22.9. The molecule has 0 heterocycles. The molecule has 0 radical (unpaired) electrons. The number of carbonyl (C=O) groups is 2. The molecule has 2 unspecified atom stereocenters. The van der Waals surface area contributed by atoms with Crippen molar-refractivity contribution in [2.75, 3.05) is 0 Å². The van der Waals surface area contributed by atoms with Gasteiger partial charge in [0, 0.05) is 0 Å². The standard InChI is InChI=1S/2C5H9O2.2C3H7O.Ti/c2*1-4(6)3-5(2)7;2*1-3(2)4;/h2*4H,3H2,1-2H3;2*3H,1-2H3;/q4*-1;+4. The van der Waals surface area contributed by atoms with Gasteiger partial charge in [0.15, 0.2) is 0 Å². The summed E-state index contributed by atoms with van der Waals surface area (Å²) in [6, 6.07) is 0. The van der Waals surface area contributed by atoms with E-state index in [9.17, 15) is 9.59 Å². The molecule has 0 bridgehead atoms. The molecule has 0 aliphatic heterocycles. The average molecular weight is 368 g/mol.